The maximum atomic E-state index is 12.5. The first-order chi connectivity index (χ1) is 15.9. The fourth-order valence-electron chi connectivity index (χ4n) is 3.04. The molecule has 4 amide bonds. The zero-order chi connectivity index (χ0) is 23.6. The molecule has 0 aromatic heterocycles. The van der Waals surface area contributed by atoms with Crippen molar-refractivity contribution >= 4 is 29.2 Å². The maximum absolute atomic E-state index is 12.5. The summed E-state index contributed by atoms with van der Waals surface area (Å²) >= 11 is 0. The summed E-state index contributed by atoms with van der Waals surface area (Å²) in [6.45, 7) is 4.26. The summed E-state index contributed by atoms with van der Waals surface area (Å²) in [5, 5.41) is 11.3. The predicted molar refractivity (Wildman–Crippen MR) is 130 cm³/mol. The van der Waals surface area contributed by atoms with Gasteiger partial charge in [0.15, 0.2) is 0 Å². The van der Waals surface area contributed by atoms with Gasteiger partial charge < -0.3 is 21.3 Å². The van der Waals surface area contributed by atoms with E-state index in [1.165, 1.54) is 0 Å². The second kappa shape index (κ2) is 11.5. The van der Waals surface area contributed by atoms with Crippen LogP contribution in [0.1, 0.15) is 46.5 Å². The van der Waals surface area contributed by atoms with Crippen LogP contribution in [0.15, 0.2) is 78.9 Å². The normalized spacial score (nSPS) is 11.2. The second-order valence-electron chi connectivity index (χ2n) is 7.69. The highest BCUT2D eigenvalue weighted by molar-refractivity contribution is 6.00. The summed E-state index contributed by atoms with van der Waals surface area (Å²) in [4.78, 5) is 36.9. The Kier molecular flexibility index (Phi) is 8.18. The average Bonchev–Trinajstić information content (AvgIpc) is 2.83. The Labute approximate surface area is 193 Å². The van der Waals surface area contributed by atoms with E-state index < -0.39 is 0 Å². The molecule has 33 heavy (non-hydrogen) atoms. The SMILES string of the molecule is CCC(C)NC(=O)c1cccc(CNC(=O)c2ccc(NC(=O)Nc3ccccc3)cc2)c1. The largest absolute Gasteiger partial charge is 0.350 e. The molecule has 0 bridgehead atoms. The van der Waals surface area contributed by atoms with Crippen molar-refractivity contribution in [2.75, 3.05) is 10.6 Å². The lowest BCUT2D eigenvalue weighted by atomic mass is 10.1. The summed E-state index contributed by atoms with van der Waals surface area (Å²) < 4.78 is 0. The van der Waals surface area contributed by atoms with E-state index in [-0.39, 0.29) is 23.9 Å². The predicted octanol–water partition coefficient (Wildman–Crippen LogP) is 4.79. The Balaban J connectivity index is 1.52. The number of anilines is 2. The van der Waals surface area contributed by atoms with E-state index in [2.05, 4.69) is 21.3 Å². The molecule has 3 rings (SSSR count). The molecule has 0 spiro atoms. The van der Waals surface area contributed by atoms with Crippen molar-refractivity contribution < 1.29 is 14.4 Å². The monoisotopic (exact) mass is 444 g/mol. The first kappa shape index (κ1) is 23.5. The van der Waals surface area contributed by atoms with Crippen LogP contribution in [0.3, 0.4) is 0 Å². The van der Waals surface area contributed by atoms with Crippen LogP contribution in [0, 0.1) is 0 Å². The van der Waals surface area contributed by atoms with Gasteiger partial charge in [-0.3, -0.25) is 9.59 Å². The molecule has 1 unspecified atom stereocenters. The summed E-state index contributed by atoms with van der Waals surface area (Å²) in [5.74, 6) is -0.373. The molecule has 0 saturated carbocycles. The highest BCUT2D eigenvalue weighted by Crippen LogP contribution is 2.12. The van der Waals surface area contributed by atoms with E-state index in [4.69, 9.17) is 0 Å². The minimum Gasteiger partial charge on any atom is -0.350 e. The van der Waals surface area contributed by atoms with Gasteiger partial charge in [0.05, 0.1) is 0 Å². The van der Waals surface area contributed by atoms with Crippen LogP contribution in [0.4, 0.5) is 16.2 Å². The Hall–Kier alpha value is -4.13. The van der Waals surface area contributed by atoms with Crippen molar-refractivity contribution in [3.8, 4) is 0 Å². The molecule has 0 radical (unpaired) electrons. The minimum atomic E-state index is -0.365. The van der Waals surface area contributed by atoms with Crippen LogP contribution in [-0.2, 0) is 6.54 Å². The van der Waals surface area contributed by atoms with Gasteiger partial charge in [0, 0.05) is 35.1 Å². The Morgan fingerprint density at radius 3 is 2.09 bits per heavy atom. The molecule has 0 aliphatic heterocycles. The van der Waals surface area contributed by atoms with Gasteiger partial charge in [0.2, 0.25) is 0 Å². The van der Waals surface area contributed by atoms with Gasteiger partial charge in [-0.1, -0.05) is 37.3 Å². The number of rotatable bonds is 8. The minimum absolute atomic E-state index is 0.0998. The number of para-hydroxylation sites is 1. The van der Waals surface area contributed by atoms with E-state index >= 15 is 0 Å². The molecule has 170 valence electrons. The number of carbonyl (C=O) groups is 3. The first-order valence-corrected chi connectivity index (χ1v) is 10.9. The lowest BCUT2D eigenvalue weighted by Crippen LogP contribution is -2.32. The molecule has 0 aliphatic carbocycles. The standard InChI is InChI=1S/C26H28N4O3/c1-3-18(2)28-25(32)21-9-7-8-19(16-21)17-27-24(31)20-12-14-23(15-13-20)30-26(33)29-22-10-5-4-6-11-22/h4-16,18H,3,17H2,1-2H3,(H,27,31)(H,28,32)(H2,29,30,33). The molecule has 3 aromatic rings. The molecule has 3 aromatic carbocycles. The average molecular weight is 445 g/mol. The van der Waals surface area contributed by atoms with Crippen LogP contribution in [0.5, 0.6) is 0 Å². The molecule has 0 heterocycles. The summed E-state index contributed by atoms with van der Waals surface area (Å²) in [6, 6.07) is 22.7. The first-order valence-electron chi connectivity index (χ1n) is 10.9. The Morgan fingerprint density at radius 1 is 0.758 bits per heavy atom. The number of amides is 4. The fourth-order valence-corrected chi connectivity index (χ4v) is 3.04. The third-order valence-corrected chi connectivity index (χ3v) is 5.07. The summed E-state index contributed by atoms with van der Waals surface area (Å²) in [5.41, 5.74) is 3.12. The van der Waals surface area contributed by atoms with Crippen LogP contribution in [0.2, 0.25) is 0 Å². The van der Waals surface area contributed by atoms with Gasteiger partial charge in [-0.25, -0.2) is 4.79 Å². The van der Waals surface area contributed by atoms with Crippen LogP contribution >= 0.6 is 0 Å². The van der Waals surface area contributed by atoms with Crippen molar-refractivity contribution in [1.29, 1.82) is 0 Å². The summed E-state index contributed by atoms with van der Waals surface area (Å²) in [7, 11) is 0. The van der Waals surface area contributed by atoms with Gasteiger partial charge in [0.1, 0.15) is 0 Å². The van der Waals surface area contributed by atoms with Gasteiger partial charge in [-0.05, 0) is 67.4 Å². The number of nitrogens with one attached hydrogen (secondary N) is 4. The lowest BCUT2D eigenvalue weighted by molar-refractivity contribution is 0.0936. The van der Waals surface area contributed by atoms with E-state index in [9.17, 15) is 14.4 Å². The van der Waals surface area contributed by atoms with Gasteiger partial charge >= 0.3 is 6.03 Å². The van der Waals surface area contributed by atoms with Gasteiger partial charge in [0.25, 0.3) is 11.8 Å². The highest BCUT2D eigenvalue weighted by atomic mass is 16.2. The van der Waals surface area contributed by atoms with E-state index in [1.807, 2.05) is 38.1 Å². The maximum Gasteiger partial charge on any atom is 0.323 e. The Morgan fingerprint density at radius 2 is 1.42 bits per heavy atom. The topological polar surface area (TPSA) is 99.3 Å². The summed E-state index contributed by atoms with van der Waals surface area (Å²) in [6.07, 6.45) is 0.855. The number of hydrogen-bond donors (Lipinski definition) is 4. The molecule has 0 aliphatic rings. The molecule has 7 nitrogen and oxygen atoms in total. The lowest BCUT2D eigenvalue weighted by Gasteiger charge is -2.12. The molecular formula is C26H28N4O3. The van der Waals surface area contributed by atoms with Crippen molar-refractivity contribution in [2.24, 2.45) is 0 Å². The van der Waals surface area contributed by atoms with E-state index in [0.717, 1.165) is 12.0 Å². The van der Waals surface area contributed by atoms with Gasteiger partial charge in [-0.15, -0.1) is 0 Å². The third kappa shape index (κ3) is 7.21. The van der Waals surface area contributed by atoms with Gasteiger partial charge in [-0.2, -0.15) is 0 Å². The number of hydrogen-bond acceptors (Lipinski definition) is 3. The second-order valence-corrected chi connectivity index (χ2v) is 7.69. The molecular weight excluding hydrogens is 416 g/mol. The van der Waals surface area contributed by atoms with Crippen LogP contribution in [0.25, 0.3) is 0 Å². The number of carbonyl (C=O) groups excluding carboxylic acids is 3. The quantitative estimate of drug-likeness (QED) is 0.402. The number of urea groups is 1. The molecule has 4 N–H and O–H groups in total. The number of benzene rings is 3. The van der Waals surface area contributed by atoms with Crippen molar-refractivity contribution in [3.05, 3.63) is 95.6 Å². The fraction of sp³-hybridized carbons (Fsp3) is 0.192. The van der Waals surface area contributed by atoms with Crippen molar-refractivity contribution in [2.45, 2.75) is 32.9 Å². The zero-order valence-corrected chi connectivity index (χ0v) is 18.7. The third-order valence-electron chi connectivity index (χ3n) is 5.07. The Bertz CT molecular complexity index is 1100. The molecule has 1 atom stereocenters. The van der Waals surface area contributed by atoms with E-state index in [1.54, 1.807) is 54.6 Å². The smallest absolute Gasteiger partial charge is 0.323 e. The van der Waals surface area contributed by atoms with E-state index in [0.29, 0.717) is 29.0 Å². The zero-order valence-electron chi connectivity index (χ0n) is 18.7. The molecule has 0 saturated heterocycles. The highest BCUT2D eigenvalue weighted by Gasteiger charge is 2.10. The molecule has 7 heteroatoms. The van der Waals surface area contributed by atoms with Crippen molar-refractivity contribution in [3.63, 3.8) is 0 Å². The van der Waals surface area contributed by atoms with Crippen LogP contribution < -0.4 is 21.3 Å². The van der Waals surface area contributed by atoms with Crippen molar-refractivity contribution in [1.82, 2.24) is 10.6 Å². The molecule has 0 fully saturated rings. The van der Waals surface area contributed by atoms with Crippen LogP contribution in [-0.4, -0.2) is 23.9 Å².